The highest BCUT2D eigenvalue weighted by Gasteiger charge is 2.37. The van der Waals surface area contributed by atoms with E-state index in [9.17, 15) is 35.9 Å². The summed E-state index contributed by atoms with van der Waals surface area (Å²) < 4.78 is 83.8. The SMILES string of the molecule is CCCN1C(=O)C(C)Oc2ccc(NC(=O)c3cc(C(F)(F)F)cc(C(F)(F)F)c3)cc21. The summed E-state index contributed by atoms with van der Waals surface area (Å²) in [5, 5.41) is 2.29. The van der Waals surface area contributed by atoms with Gasteiger partial charge in [-0.25, -0.2) is 0 Å². The van der Waals surface area contributed by atoms with Crippen LogP contribution in [0.1, 0.15) is 41.8 Å². The van der Waals surface area contributed by atoms with E-state index < -0.39 is 41.1 Å². The summed E-state index contributed by atoms with van der Waals surface area (Å²) in [6.45, 7) is 3.79. The Morgan fingerprint density at radius 3 is 2.16 bits per heavy atom. The van der Waals surface area contributed by atoms with Crippen LogP contribution in [0.5, 0.6) is 5.75 Å². The van der Waals surface area contributed by atoms with Gasteiger partial charge in [0, 0.05) is 17.8 Å². The summed E-state index contributed by atoms with van der Waals surface area (Å²) in [4.78, 5) is 26.4. The molecule has 0 fully saturated rings. The maximum Gasteiger partial charge on any atom is 0.416 e. The van der Waals surface area contributed by atoms with Gasteiger partial charge in [-0.15, -0.1) is 0 Å². The molecule has 2 aromatic carbocycles. The number of alkyl halides is 6. The molecule has 0 aliphatic carbocycles. The molecular formula is C21H18F6N2O3. The molecule has 2 amide bonds. The topological polar surface area (TPSA) is 58.6 Å². The molecular weight excluding hydrogens is 442 g/mol. The number of hydrogen-bond acceptors (Lipinski definition) is 3. The fourth-order valence-corrected chi connectivity index (χ4v) is 3.23. The van der Waals surface area contributed by atoms with Gasteiger partial charge in [0.15, 0.2) is 6.10 Å². The van der Waals surface area contributed by atoms with Crippen molar-refractivity contribution in [2.24, 2.45) is 0 Å². The summed E-state index contributed by atoms with van der Waals surface area (Å²) in [5.74, 6) is -1.11. The Morgan fingerprint density at radius 2 is 1.62 bits per heavy atom. The van der Waals surface area contributed by atoms with Gasteiger partial charge in [-0.05, 0) is 49.7 Å². The Labute approximate surface area is 179 Å². The van der Waals surface area contributed by atoms with Crippen LogP contribution in [-0.4, -0.2) is 24.5 Å². The Hall–Kier alpha value is -3.24. The largest absolute Gasteiger partial charge is 0.479 e. The molecule has 0 aromatic heterocycles. The highest BCUT2D eigenvalue weighted by atomic mass is 19.4. The maximum absolute atomic E-state index is 13.0. The van der Waals surface area contributed by atoms with Crippen molar-refractivity contribution >= 4 is 23.2 Å². The minimum absolute atomic E-state index is 0.0532. The Morgan fingerprint density at radius 1 is 1.03 bits per heavy atom. The number of fused-ring (bicyclic) bond motifs is 1. The van der Waals surface area contributed by atoms with E-state index in [0.717, 1.165) is 0 Å². The lowest BCUT2D eigenvalue weighted by molar-refractivity contribution is -0.143. The summed E-state index contributed by atoms with van der Waals surface area (Å²) >= 11 is 0. The molecule has 1 atom stereocenters. The van der Waals surface area contributed by atoms with Crippen LogP contribution in [0.4, 0.5) is 37.7 Å². The highest BCUT2D eigenvalue weighted by Crippen LogP contribution is 2.38. The van der Waals surface area contributed by atoms with Crippen molar-refractivity contribution in [1.29, 1.82) is 0 Å². The molecule has 3 rings (SSSR count). The maximum atomic E-state index is 13.0. The molecule has 11 heteroatoms. The van der Waals surface area contributed by atoms with E-state index in [4.69, 9.17) is 4.74 Å². The first-order chi connectivity index (χ1) is 14.8. The number of ether oxygens (including phenoxy) is 1. The van der Waals surface area contributed by atoms with E-state index in [-0.39, 0.29) is 17.7 Å². The van der Waals surface area contributed by atoms with Gasteiger partial charge in [0.1, 0.15) is 5.75 Å². The van der Waals surface area contributed by atoms with E-state index in [0.29, 0.717) is 36.5 Å². The van der Waals surface area contributed by atoms with Gasteiger partial charge >= 0.3 is 12.4 Å². The van der Waals surface area contributed by atoms with Gasteiger partial charge in [0.2, 0.25) is 0 Å². The summed E-state index contributed by atoms with van der Waals surface area (Å²) in [5.41, 5.74) is -3.58. The van der Waals surface area contributed by atoms with E-state index in [2.05, 4.69) is 5.32 Å². The van der Waals surface area contributed by atoms with Gasteiger partial charge < -0.3 is 15.0 Å². The Bertz CT molecular complexity index is 1020. The number of hydrogen-bond donors (Lipinski definition) is 1. The molecule has 2 aromatic rings. The number of carbonyl (C=O) groups excluding carboxylic acids is 2. The predicted molar refractivity (Wildman–Crippen MR) is 104 cm³/mol. The summed E-state index contributed by atoms with van der Waals surface area (Å²) in [6, 6.07) is 4.86. The molecule has 0 saturated heterocycles. The third-order valence-corrected chi connectivity index (χ3v) is 4.72. The average molecular weight is 460 g/mol. The first-order valence-corrected chi connectivity index (χ1v) is 9.54. The van der Waals surface area contributed by atoms with E-state index in [1.54, 1.807) is 6.92 Å². The zero-order chi connectivity index (χ0) is 23.8. The molecule has 1 unspecified atom stereocenters. The second kappa shape index (κ2) is 8.36. The van der Waals surface area contributed by atoms with Crippen LogP contribution in [0, 0.1) is 0 Å². The minimum atomic E-state index is -5.07. The Balaban J connectivity index is 1.95. The van der Waals surface area contributed by atoms with Crippen LogP contribution in [0.15, 0.2) is 36.4 Å². The smallest absolute Gasteiger partial charge is 0.416 e. The molecule has 0 radical (unpaired) electrons. The van der Waals surface area contributed by atoms with Crippen LogP contribution in [0.25, 0.3) is 0 Å². The van der Waals surface area contributed by atoms with E-state index in [1.165, 1.54) is 23.1 Å². The van der Waals surface area contributed by atoms with Crippen molar-refractivity contribution in [3.8, 4) is 5.75 Å². The van der Waals surface area contributed by atoms with Gasteiger partial charge in [-0.3, -0.25) is 9.59 Å². The van der Waals surface area contributed by atoms with Crippen LogP contribution in [-0.2, 0) is 17.1 Å². The van der Waals surface area contributed by atoms with Gasteiger partial charge in [0.25, 0.3) is 11.8 Å². The van der Waals surface area contributed by atoms with Crippen LogP contribution >= 0.6 is 0 Å². The fraction of sp³-hybridized carbons (Fsp3) is 0.333. The zero-order valence-corrected chi connectivity index (χ0v) is 16.9. The van der Waals surface area contributed by atoms with Gasteiger partial charge in [-0.1, -0.05) is 6.92 Å². The van der Waals surface area contributed by atoms with Crippen LogP contribution in [0.3, 0.4) is 0 Å². The quantitative estimate of drug-likeness (QED) is 0.613. The van der Waals surface area contributed by atoms with E-state index in [1.807, 2.05) is 6.92 Å². The lowest BCUT2D eigenvalue weighted by Gasteiger charge is -2.33. The summed E-state index contributed by atoms with van der Waals surface area (Å²) in [7, 11) is 0. The number of nitrogens with one attached hydrogen (secondary N) is 1. The molecule has 1 aliphatic heterocycles. The molecule has 172 valence electrons. The zero-order valence-electron chi connectivity index (χ0n) is 16.9. The van der Waals surface area contributed by atoms with Gasteiger partial charge in [0.05, 0.1) is 16.8 Å². The molecule has 1 N–H and O–H groups in total. The molecule has 5 nitrogen and oxygen atoms in total. The van der Waals surface area contributed by atoms with Crippen molar-refractivity contribution in [2.75, 3.05) is 16.8 Å². The number of carbonyl (C=O) groups is 2. The first kappa shape index (κ1) is 23.4. The van der Waals surface area contributed by atoms with Crippen LogP contribution < -0.4 is 15.0 Å². The van der Waals surface area contributed by atoms with E-state index >= 15 is 0 Å². The number of nitrogens with zero attached hydrogens (tertiary/aromatic N) is 1. The van der Waals surface area contributed by atoms with Crippen molar-refractivity contribution in [3.05, 3.63) is 53.1 Å². The molecule has 0 bridgehead atoms. The number of rotatable bonds is 4. The molecule has 0 spiro atoms. The Kier molecular flexibility index (Phi) is 6.12. The fourth-order valence-electron chi connectivity index (χ4n) is 3.23. The lowest BCUT2D eigenvalue weighted by Crippen LogP contribution is -2.44. The molecule has 0 saturated carbocycles. The normalized spacial score (nSPS) is 16.4. The number of halogens is 6. The number of benzene rings is 2. The first-order valence-electron chi connectivity index (χ1n) is 9.54. The standard InChI is InChI=1S/C21H18F6N2O3/c1-3-6-29-16-10-15(4-5-17(16)32-11(2)19(29)31)28-18(30)12-7-13(20(22,23)24)9-14(8-12)21(25,26)27/h4-5,7-11H,3,6H2,1-2H3,(H,28,30). The second-order valence-electron chi connectivity index (χ2n) is 7.18. The van der Waals surface area contributed by atoms with Gasteiger partial charge in [-0.2, -0.15) is 26.3 Å². The lowest BCUT2D eigenvalue weighted by atomic mass is 10.0. The predicted octanol–water partition coefficient (Wildman–Crippen LogP) is 5.50. The summed E-state index contributed by atoms with van der Waals surface area (Å²) in [6.07, 6.45) is -10.2. The monoisotopic (exact) mass is 460 g/mol. The number of amides is 2. The molecule has 1 aliphatic rings. The third-order valence-electron chi connectivity index (χ3n) is 4.72. The van der Waals surface area contributed by atoms with Crippen LogP contribution in [0.2, 0.25) is 0 Å². The highest BCUT2D eigenvalue weighted by molar-refractivity contribution is 6.06. The minimum Gasteiger partial charge on any atom is -0.479 e. The third kappa shape index (κ3) is 4.81. The van der Waals surface area contributed by atoms with Crippen molar-refractivity contribution < 1.29 is 40.7 Å². The van der Waals surface area contributed by atoms with Crippen molar-refractivity contribution in [2.45, 2.75) is 38.7 Å². The second-order valence-corrected chi connectivity index (χ2v) is 7.18. The molecule has 32 heavy (non-hydrogen) atoms. The van der Waals surface area contributed by atoms with Crippen molar-refractivity contribution in [1.82, 2.24) is 0 Å². The molecule has 1 heterocycles. The van der Waals surface area contributed by atoms with Crippen molar-refractivity contribution in [3.63, 3.8) is 0 Å². The number of anilines is 2. The average Bonchev–Trinajstić information content (AvgIpc) is 2.70.